The Morgan fingerprint density at radius 1 is 0.558 bits per heavy atom. The Kier molecular flexibility index (Phi) is 10.3. The lowest BCUT2D eigenvalue weighted by Gasteiger charge is -2.45. The molecule has 43 heavy (non-hydrogen) atoms. The third-order valence-electron chi connectivity index (χ3n) is 6.78. The first kappa shape index (κ1) is 31.4. The predicted molar refractivity (Wildman–Crippen MR) is 152 cm³/mol. The van der Waals surface area contributed by atoms with Crippen LogP contribution in [-0.4, -0.2) is 61.2 Å². The SMILES string of the molecule is CC(=O)OC1O[C@H](COC(c2ccccc2)(c2ccccc2)c2ccccc2)[C@H](OC(C)=O)[C@H](OC(C)=O)[C@H]1OC(C)=O. The number of esters is 4. The van der Waals surface area contributed by atoms with E-state index in [1.807, 2.05) is 91.0 Å². The topological polar surface area (TPSA) is 124 Å². The van der Waals surface area contributed by atoms with Crippen molar-refractivity contribution in [1.29, 1.82) is 0 Å². The Bertz CT molecular complexity index is 1300. The van der Waals surface area contributed by atoms with Gasteiger partial charge in [0, 0.05) is 27.7 Å². The van der Waals surface area contributed by atoms with Crippen LogP contribution in [-0.2, 0) is 53.2 Å². The van der Waals surface area contributed by atoms with E-state index in [2.05, 4.69) is 0 Å². The molecule has 10 nitrogen and oxygen atoms in total. The van der Waals surface area contributed by atoms with Crippen molar-refractivity contribution in [2.45, 2.75) is 64.0 Å². The third-order valence-corrected chi connectivity index (χ3v) is 6.78. The van der Waals surface area contributed by atoms with Gasteiger partial charge in [0.15, 0.2) is 12.2 Å². The minimum absolute atomic E-state index is 0.237. The van der Waals surface area contributed by atoms with Gasteiger partial charge < -0.3 is 28.4 Å². The molecule has 0 amide bonds. The molecule has 0 aromatic heterocycles. The second kappa shape index (κ2) is 14.1. The predicted octanol–water partition coefficient (Wildman–Crippen LogP) is 4.08. The Labute approximate surface area is 249 Å². The van der Waals surface area contributed by atoms with E-state index in [1.165, 1.54) is 6.92 Å². The molecule has 1 saturated heterocycles. The van der Waals surface area contributed by atoms with Gasteiger partial charge in [0.25, 0.3) is 0 Å². The summed E-state index contributed by atoms with van der Waals surface area (Å²) in [5, 5.41) is 0. The molecule has 0 aliphatic carbocycles. The number of benzene rings is 3. The van der Waals surface area contributed by atoms with Crippen molar-refractivity contribution in [1.82, 2.24) is 0 Å². The highest BCUT2D eigenvalue weighted by Gasteiger charge is 2.54. The van der Waals surface area contributed by atoms with Gasteiger partial charge in [-0.05, 0) is 16.7 Å². The number of carbonyl (C=O) groups is 4. The van der Waals surface area contributed by atoms with E-state index >= 15 is 0 Å². The molecule has 4 rings (SSSR count). The second-order valence-electron chi connectivity index (χ2n) is 9.96. The van der Waals surface area contributed by atoms with Gasteiger partial charge in [-0.2, -0.15) is 0 Å². The lowest BCUT2D eigenvalue weighted by atomic mass is 9.80. The molecular weight excluding hydrogens is 556 g/mol. The largest absolute Gasteiger partial charge is 0.456 e. The fourth-order valence-corrected chi connectivity index (χ4v) is 5.22. The highest BCUT2D eigenvalue weighted by atomic mass is 16.7. The van der Waals surface area contributed by atoms with E-state index in [0.717, 1.165) is 37.5 Å². The van der Waals surface area contributed by atoms with Crippen LogP contribution < -0.4 is 0 Å². The van der Waals surface area contributed by atoms with E-state index in [4.69, 9.17) is 28.4 Å². The van der Waals surface area contributed by atoms with Gasteiger partial charge in [0.05, 0.1) is 6.61 Å². The molecule has 1 aliphatic heterocycles. The summed E-state index contributed by atoms with van der Waals surface area (Å²) in [4.78, 5) is 48.6. The molecule has 3 aromatic carbocycles. The molecule has 0 radical (unpaired) electrons. The monoisotopic (exact) mass is 590 g/mol. The Balaban J connectivity index is 1.83. The Hall–Kier alpha value is -4.54. The summed E-state index contributed by atoms with van der Waals surface area (Å²) in [5.74, 6) is -2.93. The first-order chi connectivity index (χ1) is 20.6. The van der Waals surface area contributed by atoms with Gasteiger partial charge in [-0.1, -0.05) is 91.0 Å². The van der Waals surface area contributed by atoms with Crippen LogP contribution in [0.1, 0.15) is 44.4 Å². The summed E-state index contributed by atoms with van der Waals surface area (Å²) >= 11 is 0. The van der Waals surface area contributed by atoms with Crippen LogP contribution in [0.3, 0.4) is 0 Å². The first-order valence-corrected chi connectivity index (χ1v) is 13.8. The number of hydrogen-bond donors (Lipinski definition) is 0. The Morgan fingerprint density at radius 2 is 0.930 bits per heavy atom. The Morgan fingerprint density at radius 3 is 1.33 bits per heavy atom. The molecule has 0 saturated carbocycles. The van der Waals surface area contributed by atoms with Crippen LogP contribution in [0.4, 0.5) is 0 Å². The van der Waals surface area contributed by atoms with Crippen LogP contribution in [0, 0.1) is 0 Å². The molecule has 3 aromatic rings. The smallest absolute Gasteiger partial charge is 0.305 e. The zero-order valence-corrected chi connectivity index (χ0v) is 24.3. The first-order valence-electron chi connectivity index (χ1n) is 13.8. The van der Waals surface area contributed by atoms with Crippen molar-refractivity contribution in [2.75, 3.05) is 6.61 Å². The fourth-order valence-electron chi connectivity index (χ4n) is 5.22. The molecule has 5 atom stereocenters. The molecule has 10 heteroatoms. The van der Waals surface area contributed by atoms with E-state index < -0.39 is 60.2 Å². The van der Waals surface area contributed by atoms with Crippen molar-refractivity contribution >= 4 is 23.9 Å². The number of rotatable bonds is 10. The highest BCUT2D eigenvalue weighted by Crippen LogP contribution is 2.41. The fraction of sp³-hybridized carbons (Fsp3) is 0.333. The zero-order valence-electron chi connectivity index (χ0n) is 24.3. The molecule has 1 heterocycles. The van der Waals surface area contributed by atoms with Crippen molar-refractivity contribution < 1.29 is 47.6 Å². The van der Waals surface area contributed by atoms with E-state index in [9.17, 15) is 19.2 Å². The second-order valence-corrected chi connectivity index (χ2v) is 9.96. The van der Waals surface area contributed by atoms with Gasteiger partial charge >= 0.3 is 23.9 Å². The summed E-state index contributed by atoms with van der Waals surface area (Å²) in [5.41, 5.74) is 1.24. The quantitative estimate of drug-likeness (QED) is 0.194. The molecule has 0 bridgehead atoms. The zero-order chi connectivity index (χ0) is 31.0. The summed E-state index contributed by atoms with van der Waals surface area (Å²) in [7, 11) is 0. The van der Waals surface area contributed by atoms with Crippen LogP contribution in [0.15, 0.2) is 91.0 Å². The third kappa shape index (κ3) is 7.46. The van der Waals surface area contributed by atoms with E-state index in [0.29, 0.717) is 0 Å². The van der Waals surface area contributed by atoms with Crippen LogP contribution in [0.2, 0.25) is 0 Å². The van der Waals surface area contributed by atoms with Gasteiger partial charge in [0.2, 0.25) is 12.4 Å². The number of ether oxygens (including phenoxy) is 6. The standard InChI is InChI=1S/C33H34O10/c1-21(34)39-29-28(43-32(42-24(4)37)31(41-23(3)36)30(29)40-22(2)35)20-38-33(25-14-8-5-9-15-25,26-16-10-6-11-17-26)27-18-12-7-13-19-27/h5-19,28-32H,20H2,1-4H3/t28-,29+,30+,31-,32?/m1/s1. The van der Waals surface area contributed by atoms with Gasteiger partial charge in [-0.3, -0.25) is 19.2 Å². The maximum Gasteiger partial charge on any atom is 0.305 e. The summed E-state index contributed by atoms with van der Waals surface area (Å²) in [6, 6.07) is 28.7. The lowest BCUT2D eigenvalue weighted by Crippen LogP contribution is -2.63. The van der Waals surface area contributed by atoms with Gasteiger partial charge in [-0.25, -0.2) is 0 Å². The van der Waals surface area contributed by atoms with E-state index in [-0.39, 0.29) is 6.61 Å². The molecule has 0 N–H and O–H groups in total. The van der Waals surface area contributed by atoms with Gasteiger partial charge in [-0.15, -0.1) is 0 Å². The molecule has 1 unspecified atom stereocenters. The van der Waals surface area contributed by atoms with Crippen molar-refractivity contribution in [2.24, 2.45) is 0 Å². The maximum absolute atomic E-state index is 12.3. The number of carbonyl (C=O) groups excluding carboxylic acids is 4. The van der Waals surface area contributed by atoms with Crippen LogP contribution in [0.5, 0.6) is 0 Å². The summed E-state index contributed by atoms with van der Waals surface area (Å²) in [6.45, 7) is 4.40. The van der Waals surface area contributed by atoms with Gasteiger partial charge in [0.1, 0.15) is 11.7 Å². The van der Waals surface area contributed by atoms with Crippen molar-refractivity contribution in [3.05, 3.63) is 108 Å². The summed E-state index contributed by atoms with van der Waals surface area (Å²) < 4.78 is 34.9. The minimum Gasteiger partial charge on any atom is -0.456 e. The minimum atomic E-state index is -1.49. The average Bonchev–Trinajstić information content (AvgIpc) is 2.97. The van der Waals surface area contributed by atoms with Crippen LogP contribution >= 0.6 is 0 Å². The number of hydrogen-bond acceptors (Lipinski definition) is 10. The molecule has 0 spiro atoms. The molecule has 1 aliphatic rings. The molecule has 1 fully saturated rings. The van der Waals surface area contributed by atoms with Crippen molar-refractivity contribution in [3.8, 4) is 0 Å². The van der Waals surface area contributed by atoms with E-state index in [1.54, 1.807) is 0 Å². The van der Waals surface area contributed by atoms with Crippen LogP contribution in [0.25, 0.3) is 0 Å². The summed E-state index contributed by atoms with van der Waals surface area (Å²) in [6.07, 6.45) is -6.73. The molecule has 226 valence electrons. The normalized spacial score (nSPS) is 21.7. The lowest BCUT2D eigenvalue weighted by molar-refractivity contribution is -0.303. The maximum atomic E-state index is 12.3. The molecular formula is C33H34O10. The highest BCUT2D eigenvalue weighted by molar-refractivity contribution is 5.69. The van der Waals surface area contributed by atoms with Crippen molar-refractivity contribution in [3.63, 3.8) is 0 Å². The average molecular weight is 591 g/mol.